The van der Waals surface area contributed by atoms with Gasteiger partial charge in [0, 0.05) is 24.5 Å². The minimum Gasteiger partial charge on any atom is -0.496 e. The van der Waals surface area contributed by atoms with Crippen molar-refractivity contribution in [3.8, 4) is 11.4 Å². The zero-order valence-corrected chi connectivity index (χ0v) is 20.6. The molecule has 1 N–H and O–H groups in total. The number of nitrogens with zero attached hydrogens (tertiary/aromatic N) is 4. The van der Waals surface area contributed by atoms with Crippen LogP contribution in [0.3, 0.4) is 0 Å². The summed E-state index contributed by atoms with van der Waals surface area (Å²) in [6.45, 7) is 12.2. The maximum Gasteiger partial charge on any atom is 0.259 e. The second kappa shape index (κ2) is 9.55. The molecule has 0 saturated heterocycles. The molecule has 0 aliphatic rings. The predicted molar refractivity (Wildman–Crippen MR) is 138 cm³/mol. The maximum atomic E-state index is 13.0. The van der Waals surface area contributed by atoms with Crippen LogP contribution in [0, 0.1) is 20.8 Å². The van der Waals surface area contributed by atoms with Gasteiger partial charge in [0.25, 0.3) is 5.91 Å². The first-order chi connectivity index (χ1) is 16.4. The summed E-state index contributed by atoms with van der Waals surface area (Å²) in [5, 5.41) is 12.4. The van der Waals surface area contributed by atoms with Crippen LogP contribution >= 0.6 is 0 Å². The van der Waals surface area contributed by atoms with E-state index < -0.39 is 0 Å². The molecule has 0 saturated carbocycles. The summed E-state index contributed by atoms with van der Waals surface area (Å²) in [5.74, 6) is 0.353. The summed E-state index contributed by atoms with van der Waals surface area (Å²) in [6.07, 6.45) is 0. The van der Waals surface area contributed by atoms with Gasteiger partial charge in [0.1, 0.15) is 16.8 Å². The van der Waals surface area contributed by atoms with Gasteiger partial charge in [-0.15, -0.1) is 10.2 Å². The van der Waals surface area contributed by atoms with E-state index in [-0.39, 0.29) is 5.91 Å². The van der Waals surface area contributed by atoms with Gasteiger partial charge >= 0.3 is 0 Å². The average Bonchev–Trinajstić information content (AvgIpc) is 3.22. The molecule has 3 aromatic carbocycles. The first-order valence-electron chi connectivity index (χ1n) is 11.5. The summed E-state index contributed by atoms with van der Waals surface area (Å²) < 4.78 is 5.45. The van der Waals surface area contributed by atoms with Crippen molar-refractivity contribution in [1.29, 1.82) is 0 Å². The fraction of sp³-hybridized carbons (Fsp3) is 0.296. The van der Waals surface area contributed by atoms with Crippen molar-refractivity contribution in [3.05, 3.63) is 70.8 Å². The molecule has 176 valence electrons. The number of fused-ring (bicyclic) bond motifs is 1. The molecule has 4 rings (SSSR count). The highest BCUT2D eigenvalue weighted by atomic mass is 16.5. The van der Waals surface area contributed by atoms with Crippen LogP contribution in [-0.4, -0.2) is 41.1 Å². The largest absolute Gasteiger partial charge is 0.496 e. The number of nitrogens with one attached hydrogen (secondary N) is 1. The highest BCUT2D eigenvalue weighted by Gasteiger charge is 2.17. The minimum atomic E-state index is -0.224. The number of aromatic nitrogens is 3. The quantitative estimate of drug-likeness (QED) is 0.399. The second-order valence-electron chi connectivity index (χ2n) is 8.40. The van der Waals surface area contributed by atoms with Gasteiger partial charge in [-0.05, 0) is 87.7 Å². The van der Waals surface area contributed by atoms with Crippen LogP contribution in [0.1, 0.15) is 40.9 Å². The van der Waals surface area contributed by atoms with Gasteiger partial charge < -0.3 is 15.0 Å². The van der Waals surface area contributed by atoms with Crippen LogP contribution < -0.4 is 15.0 Å². The fourth-order valence-electron chi connectivity index (χ4n) is 4.25. The molecule has 0 aliphatic heterocycles. The molecule has 0 bridgehead atoms. The molecule has 0 spiro atoms. The highest BCUT2D eigenvalue weighted by Crippen LogP contribution is 2.27. The van der Waals surface area contributed by atoms with E-state index in [1.807, 2.05) is 38.1 Å². The van der Waals surface area contributed by atoms with Gasteiger partial charge in [-0.3, -0.25) is 4.79 Å². The minimum absolute atomic E-state index is 0.224. The smallest absolute Gasteiger partial charge is 0.259 e. The number of anilines is 2. The summed E-state index contributed by atoms with van der Waals surface area (Å²) >= 11 is 0. The molecule has 7 heteroatoms. The lowest BCUT2D eigenvalue weighted by molar-refractivity contribution is 0.102. The Balaban J connectivity index is 1.66. The lowest BCUT2D eigenvalue weighted by Crippen LogP contribution is -2.21. The van der Waals surface area contributed by atoms with E-state index in [4.69, 9.17) is 14.9 Å². The summed E-state index contributed by atoms with van der Waals surface area (Å²) in [7, 11) is 1.57. The topological polar surface area (TPSA) is 72.3 Å². The van der Waals surface area contributed by atoms with Crippen molar-refractivity contribution in [1.82, 2.24) is 15.0 Å². The molecule has 34 heavy (non-hydrogen) atoms. The second-order valence-corrected chi connectivity index (χ2v) is 8.40. The molecule has 0 unspecified atom stereocenters. The normalized spacial score (nSPS) is 11.0. The SMILES string of the molecule is CCN(CC)c1ccc(-n2nc3cc(C)c(NC(=O)c4cccc(C)c4OC)cc3n2)c(C)c1. The molecular weight excluding hydrogens is 426 g/mol. The van der Waals surface area contributed by atoms with Gasteiger partial charge in [-0.2, -0.15) is 4.80 Å². The van der Waals surface area contributed by atoms with Crippen LogP contribution in [0.4, 0.5) is 11.4 Å². The first kappa shape index (κ1) is 23.3. The Morgan fingerprint density at radius 2 is 1.65 bits per heavy atom. The Morgan fingerprint density at radius 3 is 2.29 bits per heavy atom. The molecule has 1 amide bonds. The number of ether oxygens (including phenoxy) is 1. The number of aryl methyl sites for hydroxylation is 3. The number of amides is 1. The predicted octanol–water partition coefficient (Wildman–Crippen LogP) is 5.45. The third kappa shape index (κ3) is 4.33. The van der Waals surface area contributed by atoms with Gasteiger partial charge in [0.2, 0.25) is 0 Å². The Morgan fingerprint density at radius 1 is 0.941 bits per heavy atom. The monoisotopic (exact) mass is 457 g/mol. The van der Waals surface area contributed by atoms with Crippen molar-refractivity contribution in [3.63, 3.8) is 0 Å². The van der Waals surface area contributed by atoms with E-state index in [2.05, 4.69) is 49.2 Å². The Labute approximate surface area is 200 Å². The van der Waals surface area contributed by atoms with E-state index in [1.165, 1.54) is 5.69 Å². The molecule has 1 heterocycles. The van der Waals surface area contributed by atoms with E-state index in [9.17, 15) is 4.79 Å². The van der Waals surface area contributed by atoms with Crippen LogP contribution in [0.5, 0.6) is 5.75 Å². The van der Waals surface area contributed by atoms with Gasteiger partial charge in [0.05, 0.1) is 18.4 Å². The van der Waals surface area contributed by atoms with Gasteiger partial charge in [0.15, 0.2) is 0 Å². The fourth-order valence-corrected chi connectivity index (χ4v) is 4.25. The molecule has 0 aliphatic carbocycles. The number of methoxy groups -OCH3 is 1. The Kier molecular flexibility index (Phi) is 6.54. The van der Waals surface area contributed by atoms with Crippen LogP contribution in [0.2, 0.25) is 0 Å². The zero-order chi connectivity index (χ0) is 24.4. The maximum absolute atomic E-state index is 13.0. The lowest BCUT2D eigenvalue weighted by Gasteiger charge is -2.22. The number of hydrogen-bond donors (Lipinski definition) is 1. The Bertz CT molecular complexity index is 1350. The summed E-state index contributed by atoms with van der Waals surface area (Å²) in [6, 6.07) is 15.7. The van der Waals surface area contributed by atoms with Crippen LogP contribution in [0.15, 0.2) is 48.5 Å². The lowest BCUT2D eigenvalue weighted by atomic mass is 10.1. The van der Waals surface area contributed by atoms with Crippen molar-refractivity contribution >= 4 is 28.3 Å². The molecule has 1 aromatic heterocycles. The van der Waals surface area contributed by atoms with Crippen molar-refractivity contribution in [2.24, 2.45) is 0 Å². The number of benzene rings is 3. The summed E-state index contributed by atoms with van der Waals surface area (Å²) in [4.78, 5) is 17.0. The molecular formula is C27H31N5O2. The van der Waals surface area contributed by atoms with E-state index in [0.717, 1.165) is 41.0 Å². The first-order valence-corrected chi connectivity index (χ1v) is 11.5. The van der Waals surface area contributed by atoms with Crippen LogP contribution in [0.25, 0.3) is 16.7 Å². The Hall–Kier alpha value is -3.87. The highest BCUT2D eigenvalue weighted by molar-refractivity contribution is 6.07. The molecule has 0 fully saturated rings. The van der Waals surface area contributed by atoms with E-state index >= 15 is 0 Å². The number of rotatable bonds is 7. The zero-order valence-electron chi connectivity index (χ0n) is 20.6. The number of hydrogen-bond acceptors (Lipinski definition) is 5. The van der Waals surface area contributed by atoms with E-state index in [1.54, 1.807) is 18.0 Å². The molecule has 7 nitrogen and oxygen atoms in total. The van der Waals surface area contributed by atoms with Crippen molar-refractivity contribution in [2.45, 2.75) is 34.6 Å². The molecule has 0 radical (unpaired) electrons. The van der Waals surface area contributed by atoms with Crippen molar-refractivity contribution in [2.75, 3.05) is 30.4 Å². The number of carbonyl (C=O) groups excluding carboxylic acids is 1. The molecule has 4 aromatic rings. The number of carbonyl (C=O) groups is 1. The van der Waals surface area contributed by atoms with Crippen molar-refractivity contribution < 1.29 is 9.53 Å². The van der Waals surface area contributed by atoms with Gasteiger partial charge in [-0.25, -0.2) is 0 Å². The third-order valence-electron chi connectivity index (χ3n) is 6.16. The third-order valence-corrected chi connectivity index (χ3v) is 6.16. The standard InChI is InChI=1S/C27H31N5O2/c1-7-31(8-2)20-12-13-25(19(5)14-20)32-29-23-15-18(4)22(16-24(23)30-32)28-27(33)21-11-9-10-17(3)26(21)34-6/h9-16H,7-8H2,1-6H3,(H,28,33). The number of para-hydroxylation sites is 1. The van der Waals surface area contributed by atoms with Crippen LogP contribution in [-0.2, 0) is 0 Å². The average molecular weight is 458 g/mol. The summed E-state index contributed by atoms with van der Waals surface area (Å²) in [5.41, 5.74) is 7.72. The van der Waals surface area contributed by atoms with Gasteiger partial charge in [-0.1, -0.05) is 12.1 Å². The van der Waals surface area contributed by atoms with E-state index in [0.29, 0.717) is 22.5 Å². The molecule has 0 atom stereocenters.